The fourth-order valence-electron chi connectivity index (χ4n) is 1.19. The third-order valence-corrected chi connectivity index (χ3v) is 1.85. The van der Waals surface area contributed by atoms with Gasteiger partial charge in [-0.05, 0) is 20.8 Å². The van der Waals surface area contributed by atoms with Crippen molar-refractivity contribution in [2.24, 2.45) is 0 Å². The summed E-state index contributed by atoms with van der Waals surface area (Å²) in [6.07, 6.45) is 0.652. The van der Waals surface area contributed by atoms with E-state index in [2.05, 4.69) is 15.3 Å². The Morgan fingerprint density at radius 2 is 2.21 bits per heavy atom. The highest BCUT2D eigenvalue weighted by atomic mass is 16.6. The molecule has 0 fully saturated rings. The van der Waals surface area contributed by atoms with E-state index in [-0.39, 0.29) is 18.0 Å². The lowest BCUT2D eigenvalue weighted by molar-refractivity contribution is 0.0635. The molecule has 102 valence electrons. The predicted molar refractivity (Wildman–Crippen MR) is 67.3 cm³/mol. The van der Waals surface area contributed by atoms with Crippen LogP contribution in [0.1, 0.15) is 32.2 Å². The minimum Gasteiger partial charge on any atom is -0.444 e. The largest absolute Gasteiger partial charge is 0.444 e. The summed E-state index contributed by atoms with van der Waals surface area (Å²) in [5.41, 5.74) is -0.468. The topological polar surface area (TPSA) is 97.1 Å². The highest BCUT2D eigenvalue weighted by Gasteiger charge is 2.18. The SMILES string of the molecule is COCc1ncc(C#N)c(NC(=O)OC(C)(C)C)n1. The highest BCUT2D eigenvalue weighted by molar-refractivity contribution is 5.85. The van der Waals surface area contributed by atoms with Gasteiger partial charge in [-0.3, -0.25) is 5.32 Å². The molecule has 19 heavy (non-hydrogen) atoms. The van der Waals surface area contributed by atoms with E-state index in [0.717, 1.165) is 0 Å². The molecule has 0 bridgehead atoms. The van der Waals surface area contributed by atoms with Crippen LogP contribution >= 0.6 is 0 Å². The Morgan fingerprint density at radius 3 is 2.74 bits per heavy atom. The van der Waals surface area contributed by atoms with Crippen LogP contribution in [-0.4, -0.2) is 28.8 Å². The minimum absolute atomic E-state index is 0.110. The molecular formula is C12H16N4O3. The molecule has 0 aliphatic heterocycles. The standard InChI is InChI=1S/C12H16N4O3/c1-12(2,3)19-11(17)16-10-8(5-13)6-14-9(15-10)7-18-4/h6H,7H2,1-4H3,(H,14,15,16,17). The molecule has 0 unspecified atom stereocenters. The number of nitriles is 1. The van der Waals surface area contributed by atoms with Crippen LogP contribution in [0.15, 0.2) is 6.20 Å². The van der Waals surface area contributed by atoms with Gasteiger partial charge >= 0.3 is 6.09 Å². The van der Waals surface area contributed by atoms with Crippen molar-refractivity contribution in [1.82, 2.24) is 9.97 Å². The summed E-state index contributed by atoms with van der Waals surface area (Å²) < 4.78 is 9.98. The molecule has 1 aromatic heterocycles. The minimum atomic E-state index is -0.675. The molecule has 1 amide bonds. The van der Waals surface area contributed by atoms with E-state index < -0.39 is 11.7 Å². The lowest BCUT2D eigenvalue weighted by atomic mass is 10.2. The maximum atomic E-state index is 11.6. The zero-order valence-corrected chi connectivity index (χ0v) is 11.4. The first-order valence-electron chi connectivity index (χ1n) is 5.60. The number of methoxy groups -OCH3 is 1. The Bertz CT molecular complexity index is 503. The van der Waals surface area contributed by atoms with Crippen molar-refractivity contribution in [2.45, 2.75) is 33.0 Å². The molecule has 0 radical (unpaired) electrons. The zero-order chi connectivity index (χ0) is 14.5. The lowest BCUT2D eigenvalue weighted by Crippen LogP contribution is -2.28. The number of aromatic nitrogens is 2. The normalized spacial score (nSPS) is 10.7. The molecule has 1 rings (SSSR count). The molecule has 1 N–H and O–H groups in total. The number of carbonyl (C=O) groups is 1. The third-order valence-electron chi connectivity index (χ3n) is 1.85. The summed E-state index contributed by atoms with van der Waals surface area (Å²) >= 11 is 0. The molecule has 0 aliphatic rings. The molecule has 1 heterocycles. The Kier molecular flexibility index (Phi) is 4.78. The van der Waals surface area contributed by atoms with Gasteiger partial charge in [-0.2, -0.15) is 5.26 Å². The maximum Gasteiger partial charge on any atom is 0.413 e. The molecule has 1 aromatic rings. The van der Waals surface area contributed by atoms with E-state index in [1.165, 1.54) is 13.3 Å². The zero-order valence-electron chi connectivity index (χ0n) is 11.4. The molecule has 0 saturated carbocycles. The molecule has 0 spiro atoms. The van der Waals surface area contributed by atoms with Crippen molar-refractivity contribution >= 4 is 11.9 Å². The van der Waals surface area contributed by atoms with Gasteiger partial charge in [0.25, 0.3) is 0 Å². The summed E-state index contributed by atoms with van der Waals surface area (Å²) in [6.45, 7) is 5.42. The second-order valence-electron chi connectivity index (χ2n) is 4.72. The molecular weight excluding hydrogens is 248 g/mol. The van der Waals surface area contributed by atoms with Crippen LogP contribution in [0.5, 0.6) is 0 Å². The van der Waals surface area contributed by atoms with Crippen LogP contribution in [-0.2, 0) is 16.1 Å². The van der Waals surface area contributed by atoms with Crippen molar-refractivity contribution in [3.63, 3.8) is 0 Å². The summed E-state index contributed by atoms with van der Waals surface area (Å²) in [6, 6.07) is 1.90. The molecule has 7 nitrogen and oxygen atoms in total. The number of nitrogens with one attached hydrogen (secondary N) is 1. The van der Waals surface area contributed by atoms with Gasteiger partial charge in [-0.1, -0.05) is 0 Å². The molecule has 7 heteroatoms. The second-order valence-corrected chi connectivity index (χ2v) is 4.72. The molecule has 0 aromatic carbocycles. The van der Waals surface area contributed by atoms with E-state index in [9.17, 15) is 4.79 Å². The number of rotatable bonds is 3. The second kappa shape index (κ2) is 6.11. The Labute approximate surface area is 111 Å². The number of carbonyl (C=O) groups excluding carboxylic acids is 1. The molecule has 0 atom stereocenters. The first-order valence-corrected chi connectivity index (χ1v) is 5.60. The summed E-state index contributed by atoms with van der Waals surface area (Å²) in [7, 11) is 1.50. The van der Waals surface area contributed by atoms with Gasteiger partial charge in [0.05, 0.1) is 6.20 Å². The number of hydrogen-bond acceptors (Lipinski definition) is 6. The fourth-order valence-corrected chi connectivity index (χ4v) is 1.19. The average Bonchev–Trinajstić information content (AvgIpc) is 2.27. The van der Waals surface area contributed by atoms with Gasteiger partial charge in [-0.15, -0.1) is 0 Å². The van der Waals surface area contributed by atoms with Crippen molar-refractivity contribution in [2.75, 3.05) is 12.4 Å². The van der Waals surface area contributed by atoms with E-state index in [1.54, 1.807) is 20.8 Å². The maximum absolute atomic E-state index is 11.6. The Morgan fingerprint density at radius 1 is 1.53 bits per heavy atom. The van der Waals surface area contributed by atoms with Gasteiger partial charge in [0.15, 0.2) is 11.6 Å². The summed E-state index contributed by atoms with van der Waals surface area (Å²) in [4.78, 5) is 19.6. The Balaban J connectivity index is 2.89. The number of amides is 1. The molecule has 0 saturated heterocycles. The number of hydrogen-bond donors (Lipinski definition) is 1. The van der Waals surface area contributed by atoms with Gasteiger partial charge in [0.2, 0.25) is 0 Å². The van der Waals surface area contributed by atoms with E-state index in [1.807, 2.05) is 6.07 Å². The predicted octanol–water partition coefficient (Wildman–Crippen LogP) is 1.84. The first kappa shape index (κ1) is 14.9. The molecule has 0 aliphatic carbocycles. The van der Waals surface area contributed by atoms with Crippen molar-refractivity contribution in [3.05, 3.63) is 17.6 Å². The van der Waals surface area contributed by atoms with Crippen LogP contribution in [0.2, 0.25) is 0 Å². The number of ether oxygens (including phenoxy) is 2. The van der Waals surface area contributed by atoms with Crippen LogP contribution in [0.3, 0.4) is 0 Å². The van der Waals surface area contributed by atoms with Gasteiger partial charge < -0.3 is 9.47 Å². The van der Waals surface area contributed by atoms with Crippen molar-refractivity contribution < 1.29 is 14.3 Å². The number of nitrogens with zero attached hydrogens (tertiary/aromatic N) is 3. The summed E-state index contributed by atoms with van der Waals surface area (Å²) in [5.74, 6) is 0.478. The van der Waals surface area contributed by atoms with Crippen molar-refractivity contribution in [3.8, 4) is 6.07 Å². The van der Waals surface area contributed by atoms with Gasteiger partial charge in [0.1, 0.15) is 23.8 Å². The number of anilines is 1. The summed E-state index contributed by atoms with van der Waals surface area (Å²) in [5, 5.41) is 11.4. The third kappa shape index (κ3) is 4.89. The first-order chi connectivity index (χ1) is 8.85. The fraction of sp³-hybridized carbons (Fsp3) is 0.500. The van der Waals surface area contributed by atoms with E-state index in [4.69, 9.17) is 14.7 Å². The van der Waals surface area contributed by atoms with Crippen molar-refractivity contribution in [1.29, 1.82) is 5.26 Å². The monoisotopic (exact) mass is 264 g/mol. The van der Waals surface area contributed by atoms with Gasteiger partial charge in [-0.25, -0.2) is 14.8 Å². The van der Waals surface area contributed by atoms with Crippen LogP contribution in [0.4, 0.5) is 10.6 Å². The lowest BCUT2D eigenvalue weighted by Gasteiger charge is -2.19. The smallest absolute Gasteiger partial charge is 0.413 e. The van der Waals surface area contributed by atoms with Crippen LogP contribution in [0, 0.1) is 11.3 Å². The van der Waals surface area contributed by atoms with Crippen LogP contribution in [0.25, 0.3) is 0 Å². The quantitative estimate of drug-likeness (QED) is 0.894. The average molecular weight is 264 g/mol. The highest BCUT2D eigenvalue weighted by Crippen LogP contribution is 2.13. The van der Waals surface area contributed by atoms with Crippen LogP contribution < -0.4 is 5.32 Å². The van der Waals surface area contributed by atoms with Gasteiger partial charge in [0, 0.05) is 7.11 Å². The Hall–Kier alpha value is -2.20. The van der Waals surface area contributed by atoms with E-state index >= 15 is 0 Å². The van der Waals surface area contributed by atoms with E-state index in [0.29, 0.717) is 5.82 Å².